The summed E-state index contributed by atoms with van der Waals surface area (Å²) < 4.78 is 0. The summed E-state index contributed by atoms with van der Waals surface area (Å²) in [4.78, 5) is 14.7. The Hall–Kier alpha value is -2.09. The zero-order chi connectivity index (χ0) is 14.7. The molecule has 0 aliphatic carbocycles. The van der Waals surface area contributed by atoms with Gasteiger partial charge in [-0.1, -0.05) is 44.4 Å². The van der Waals surface area contributed by atoms with Gasteiger partial charge in [0.1, 0.15) is 6.29 Å². The van der Waals surface area contributed by atoms with Crippen LogP contribution < -0.4 is 0 Å². The summed E-state index contributed by atoms with van der Waals surface area (Å²) in [5.41, 5.74) is 4.38. The lowest BCUT2D eigenvalue weighted by molar-refractivity contribution is 0.112. The van der Waals surface area contributed by atoms with E-state index in [9.17, 15) is 4.79 Å². The van der Waals surface area contributed by atoms with Crippen molar-refractivity contribution in [3.05, 3.63) is 47.5 Å². The number of aldehydes is 1. The Kier molecular flexibility index (Phi) is 4.05. The lowest BCUT2D eigenvalue weighted by Crippen LogP contribution is -1.91. The SMILES string of the molecule is CCCCCCc1cc(C=O)cc2c1[nH]c1ccccc12. The molecular formula is C19H21NO. The van der Waals surface area contributed by atoms with Gasteiger partial charge in [0.25, 0.3) is 0 Å². The number of aryl methyl sites for hydroxylation is 1. The van der Waals surface area contributed by atoms with Gasteiger partial charge in [0.15, 0.2) is 0 Å². The molecule has 0 spiro atoms. The summed E-state index contributed by atoms with van der Waals surface area (Å²) >= 11 is 0. The van der Waals surface area contributed by atoms with E-state index in [0.717, 1.165) is 23.8 Å². The zero-order valence-electron chi connectivity index (χ0n) is 12.5. The highest BCUT2D eigenvalue weighted by molar-refractivity contribution is 6.09. The van der Waals surface area contributed by atoms with E-state index in [1.165, 1.54) is 47.5 Å². The molecule has 2 aromatic carbocycles. The number of fused-ring (bicyclic) bond motifs is 3. The largest absolute Gasteiger partial charge is 0.354 e. The van der Waals surface area contributed by atoms with Gasteiger partial charge in [0.2, 0.25) is 0 Å². The minimum Gasteiger partial charge on any atom is -0.354 e. The summed E-state index contributed by atoms with van der Waals surface area (Å²) in [6.45, 7) is 2.23. The van der Waals surface area contributed by atoms with E-state index in [2.05, 4.69) is 24.0 Å². The van der Waals surface area contributed by atoms with Gasteiger partial charge in [-0.05, 0) is 36.6 Å². The Balaban J connectivity index is 2.06. The lowest BCUT2D eigenvalue weighted by Gasteiger charge is -2.05. The van der Waals surface area contributed by atoms with Crippen molar-refractivity contribution >= 4 is 28.1 Å². The summed E-state index contributed by atoms with van der Waals surface area (Å²) in [5.74, 6) is 0. The Morgan fingerprint density at radius 3 is 2.71 bits per heavy atom. The van der Waals surface area contributed by atoms with Crippen LogP contribution in [0.25, 0.3) is 21.8 Å². The van der Waals surface area contributed by atoms with E-state index in [4.69, 9.17) is 0 Å². The first-order valence-electron chi connectivity index (χ1n) is 7.82. The number of nitrogens with one attached hydrogen (secondary N) is 1. The molecule has 1 N–H and O–H groups in total. The van der Waals surface area contributed by atoms with Crippen molar-refractivity contribution in [2.45, 2.75) is 39.0 Å². The third-order valence-corrected chi connectivity index (χ3v) is 4.16. The highest BCUT2D eigenvalue weighted by Crippen LogP contribution is 2.29. The molecule has 108 valence electrons. The Morgan fingerprint density at radius 2 is 1.90 bits per heavy atom. The molecule has 2 nitrogen and oxygen atoms in total. The van der Waals surface area contributed by atoms with Crippen molar-refractivity contribution in [2.24, 2.45) is 0 Å². The molecule has 3 aromatic rings. The summed E-state index contributed by atoms with van der Waals surface area (Å²) in [6, 6.07) is 12.3. The number of hydrogen-bond donors (Lipinski definition) is 1. The predicted molar refractivity (Wildman–Crippen MR) is 89.0 cm³/mol. The van der Waals surface area contributed by atoms with Gasteiger partial charge in [-0.2, -0.15) is 0 Å². The number of unbranched alkanes of at least 4 members (excludes halogenated alkanes) is 3. The van der Waals surface area contributed by atoms with Crippen LogP contribution in [-0.2, 0) is 6.42 Å². The molecule has 3 rings (SSSR count). The minimum absolute atomic E-state index is 0.776. The maximum absolute atomic E-state index is 11.2. The molecule has 0 atom stereocenters. The van der Waals surface area contributed by atoms with Gasteiger partial charge in [-0.25, -0.2) is 0 Å². The van der Waals surface area contributed by atoms with Crippen molar-refractivity contribution in [3.8, 4) is 0 Å². The van der Waals surface area contributed by atoms with Crippen LogP contribution in [0.1, 0.15) is 48.5 Å². The van der Waals surface area contributed by atoms with E-state index in [1.54, 1.807) is 0 Å². The second-order valence-electron chi connectivity index (χ2n) is 5.70. The number of carbonyl (C=O) groups is 1. The maximum atomic E-state index is 11.2. The molecule has 0 unspecified atom stereocenters. The number of aromatic amines is 1. The van der Waals surface area contributed by atoms with Crippen molar-refractivity contribution in [3.63, 3.8) is 0 Å². The Morgan fingerprint density at radius 1 is 1.05 bits per heavy atom. The Bertz CT molecular complexity index is 770. The highest BCUT2D eigenvalue weighted by Gasteiger charge is 2.09. The fourth-order valence-corrected chi connectivity index (χ4v) is 3.06. The van der Waals surface area contributed by atoms with Crippen molar-refractivity contribution in [1.82, 2.24) is 4.98 Å². The van der Waals surface area contributed by atoms with E-state index in [0.29, 0.717) is 0 Å². The normalized spacial score (nSPS) is 11.3. The van der Waals surface area contributed by atoms with Crippen LogP contribution in [0.3, 0.4) is 0 Å². The lowest BCUT2D eigenvalue weighted by atomic mass is 10.0. The molecule has 0 aliphatic rings. The summed E-state index contributed by atoms with van der Waals surface area (Å²) in [6.07, 6.45) is 6.95. The van der Waals surface area contributed by atoms with Gasteiger partial charge in [0.05, 0.1) is 0 Å². The monoisotopic (exact) mass is 279 g/mol. The van der Waals surface area contributed by atoms with Crippen LogP contribution in [0.2, 0.25) is 0 Å². The minimum atomic E-state index is 0.776. The molecular weight excluding hydrogens is 258 g/mol. The van der Waals surface area contributed by atoms with E-state index < -0.39 is 0 Å². The van der Waals surface area contributed by atoms with Crippen LogP contribution in [-0.4, -0.2) is 11.3 Å². The first-order chi connectivity index (χ1) is 10.3. The standard InChI is InChI=1S/C19H21NO/c1-2-3-4-5-8-15-11-14(13-21)12-17-16-9-6-7-10-18(16)20-19(15)17/h6-7,9-13,20H,2-5,8H2,1H3. The van der Waals surface area contributed by atoms with Crippen LogP contribution in [0.15, 0.2) is 36.4 Å². The number of benzene rings is 2. The third kappa shape index (κ3) is 2.71. The molecule has 0 aliphatic heterocycles. The number of hydrogen-bond acceptors (Lipinski definition) is 1. The topological polar surface area (TPSA) is 32.9 Å². The molecule has 0 fully saturated rings. The number of rotatable bonds is 6. The van der Waals surface area contributed by atoms with E-state index >= 15 is 0 Å². The molecule has 21 heavy (non-hydrogen) atoms. The van der Waals surface area contributed by atoms with Crippen LogP contribution in [0.4, 0.5) is 0 Å². The molecule has 2 heteroatoms. The molecule has 0 radical (unpaired) electrons. The Labute approximate surface area is 125 Å². The highest BCUT2D eigenvalue weighted by atomic mass is 16.1. The van der Waals surface area contributed by atoms with Crippen molar-refractivity contribution in [1.29, 1.82) is 0 Å². The average Bonchev–Trinajstić information content (AvgIpc) is 2.90. The first-order valence-corrected chi connectivity index (χ1v) is 7.82. The smallest absolute Gasteiger partial charge is 0.150 e. The van der Waals surface area contributed by atoms with Gasteiger partial charge < -0.3 is 4.98 Å². The van der Waals surface area contributed by atoms with E-state index in [1.807, 2.05) is 24.3 Å². The molecule has 1 aromatic heterocycles. The average molecular weight is 279 g/mol. The fraction of sp³-hybridized carbons (Fsp3) is 0.316. The van der Waals surface area contributed by atoms with Crippen LogP contribution in [0, 0.1) is 0 Å². The number of para-hydroxylation sites is 1. The molecule has 0 amide bonds. The van der Waals surface area contributed by atoms with Crippen molar-refractivity contribution < 1.29 is 4.79 Å². The molecule has 0 bridgehead atoms. The maximum Gasteiger partial charge on any atom is 0.150 e. The second-order valence-corrected chi connectivity index (χ2v) is 5.70. The molecule has 1 heterocycles. The third-order valence-electron chi connectivity index (χ3n) is 4.16. The quantitative estimate of drug-likeness (QED) is 0.484. The van der Waals surface area contributed by atoms with Gasteiger partial charge >= 0.3 is 0 Å². The van der Waals surface area contributed by atoms with E-state index in [-0.39, 0.29) is 0 Å². The summed E-state index contributed by atoms with van der Waals surface area (Å²) in [7, 11) is 0. The molecule has 0 saturated heterocycles. The fourth-order valence-electron chi connectivity index (χ4n) is 3.06. The number of carbonyl (C=O) groups excluding carboxylic acids is 1. The van der Waals surface area contributed by atoms with Gasteiger partial charge in [0, 0.05) is 27.4 Å². The van der Waals surface area contributed by atoms with Gasteiger partial charge in [-0.3, -0.25) is 4.79 Å². The molecule has 0 saturated carbocycles. The van der Waals surface area contributed by atoms with Crippen LogP contribution in [0.5, 0.6) is 0 Å². The zero-order valence-corrected chi connectivity index (χ0v) is 12.5. The van der Waals surface area contributed by atoms with Crippen molar-refractivity contribution in [2.75, 3.05) is 0 Å². The second kappa shape index (κ2) is 6.13. The number of aromatic nitrogens is 1. The summed E-state index contributed by atoms with van der Waals surface area (Å²) in [5, 5.41) is 2.37. The number of H-pyrrole nitrogens is 1. The first kappa shape index (κ1) is 13.9. The van der Waals surface area contributed by atoms with Gasteiger partial charge in [-0.15, -0.1) is 0 Å². The van der Waals surface area contributed by atoms with Crippen LogP contribution >= 0.6 is 0 Å². The predicted octanol–water partition coefficient (Wildman–Crippen LogP) is 5.26.